The van der Waals surface area contributed by atoms with Crippen molar-refractivity contribution in [1.29, 1.82) is 0 Å². The monoisotopic (exact) mass is 157 g/mol. The molecule has 0 aromatic heterocycles. The summed E-state index contributed by atoms with van der Waals surface area (Å²) in [5, 5.41) is 0. The van der Waals surface area contributed by atoms with E-state index in [1.807, 2.05) is 0 Å². The Balaban J connectivity index is 3.07. The zero-order chi connectivity index (χ0) is 8.53. The van der Waals surface area contributed by atoms with Crippen LogP contribution in [0.4, 0.5) is 0 Å². The molecule has 0 spiro atoms. The Bertz CT molecular complexity index is 67.3. The number of rotatable bonds is 7. The third-order valence-electron chi connectivity index (χ3n) is 2.38. The Labute approximate surface area is 71.4 Å². The molecule has 0 fully saturated rings. The molecule has 2 N–H and O–H groups in total. The molecule has 0 amide bonds. The number of hydrogen-bond acceptors (Lipinski definition) is 1. The third-order valence-corrected chi connectivity index (χ3v) is 2.38. The summed E-state index contributed by atoms with van der Waals surface area (Å²) in [5.74, 6) is 0.784. The molecular formula is C10H23N. The molecule has 0 aliphatic carbocycles. The van der Waals surface area contributed by atoms with Gasteiger partial charge in [0, 0.05) is 0 Å². The van der Waals surface area contributed by atoms with E-state index in [4.69, 9.17) is 5.73 Å². The molecule has 0 unspecified atom stereocenters. The van der Waals surface area contributed by atoms with E-state index in [1.165, 1.54) is 38.5 Å². The van der Waals surface area contributed by atoms with Crippen LogP contribution in [0.5, 0.6) is 0 Å². The zero-order valence-corrected chi connectivity index (χ0v) is 8.10. The van der Waals surface area contributed by atoms with Gasteiger partial charge in [-0.3, -0.25) is 0 Å². The highest BCUT2D eigenvalue weighted by Gasteiger charge is 2.01. The summed E-state index contributed by atoms with van der Waals surface area (Å²) in [6.07, 6.45) is 8.09. The van der Waals surface area contributed by atoms with E-state index in [1.54, 1.807) is 0 Å². The van der Waals surface area contributed by atoms with Crippen LogP contribution in [0, 0.1) is 5.92 Å². The SMILES string of the molecule is CCCCCC[C@H](CC)CN. The highest BCUT2D eigenvalue weighted by atomic mass is 14.5. The van der Waals surface area contributed by atoms with E-state index in [-0.39, 0.29) is 0 Å². The lowest BCUT2D eigenvalue weighted by atomic mass is 9.99. The standard InChI is InChI=1S/C10H23N/c1-3-5-6-7-8-10(4-2)9-11/h10H,3-9,11H2,1-2H3/t10-/m0/s1. The Morgan fingerprint density at radius 1 is 1.09 bits per heavy atom. The largest absolute Gasteiger partial charge is 0.330 e. The topological polar surface area (TPSA) is 26.0 Å². The third kappa shape index (κ3) is 6.36. The van der Waals surface area contributed by atoms with Gasteiger partial charge >= 0.3 is 0 Å². The molecule has 0 aromatic rings. The Morgan fingerprint density at radius 3 is 2.27 bits per heavy atom. The van der Waals surface area contributed by atoms with Crippen molar-refractivity contribution in [3.8, 4) is 0 Å². The minimum absolute atomic E-state index is 0.784. The minimum Gasteiger partial charge on any atom is -0.330 e. The predicted octanol–water partition coefficient (Wildman–Crippen LogP) is 2.94. The van der Waals surface area contributed by atoms with Gasteiger partial charge in [0.2, 0.25) is 0 Å². The van der Waals surface area contributed by atoms with E-state index < -0.39 is 0 Å². The molecule has 0 aliphatic rings. The van der Waals surface area contributed by atoms with Gasteiger partial charge in [0.15, 0.2) is 0 Å². The van der Waals surface area contributed by atoms with Crippen molar-refractivity contribution in [2.45, 2.75) is 52.4 Å². The van der Waals surface area contributed by atoms with Crippen LogP contribution in [-0.2, 0) is 0 Å². The van der Waals surface area contributed by atoms with Crippen LogP contribution < -0.4 is 5.73 Å². The van der Waals surface area contributed by atoms with Crippen LogP contribution in [0.3, 0.4) is 0 Å². The van der Waals surface area contributed by atoms with Crippen molar-refractivity contribution in [2.24, 2.45) is 11.7 Å². The molecule has 1 heteroatoms. The first-order chi connectivity index (χ1) is 5.35. The molecule has 0 saturated carbocycles. The fourth-order valence-electron chi connectivity index (χ4n) is 1.35. The number of unbranched alkanes of at least 4 members (excludes halogenated alkanes) is 3. The molecule has 1 nitrogen and oxygen atoms in total. The molecular weight excluding hydrogens is 134 g/mol. The van der Waals surface area contributed by atoms with Crippen LogP contribution in [0.15, 0.2) is 0 Å². The second kappa shape index (κ2) is 8.06. The van der Waals surface area contributed by atoms with Crippen LogP contribution in [0.25, 0.3) is 0 Å². The summed E-state index contributed by atoms with van der Waals surface area (Å²) in [5.41, 5.74) is 5.60. The van der Waals surface area contributed by atoms with Crippen molar-refractivity contribution < 1.29 is 0 Å². The Hall–Kier alpha value is -0.0400. The van der Waals surface area contributed by atoms with Gasteiger partial charge in [-0.15, -0.1) is 0 Å². The lowest BCUT2D eigenvalue weighted by Crippen LogP contribution is -2.12. The van der Waals surface area contributed by atoms with Crippen molar-refractivity contribution in [1.82, 2.24) is 0 Å². The van der Waals surface area contributed by atoms with Crippen molar-refractivity contribution in [3.63, 3.8) is 0 Å². The summed E-state index contributed by atoms with van der Waals surface area (Å²) in [6, 6.07) is 0. The molecule has 0 rings (SSSR count). The summed E-state index contributed by atoms with van der Waals surface area (Å²) in [7, 11) is 0. The zero-order valence-electron chi connectivity index (χ0n) is 8.10. The van der Waals surface area contributed by atoms with Gasteiger partial charge in [0.1, 0.15) is 0 Å². The van der Waals surface area contributed by atoms with Gasteiger partial charge in [-0.05, 0) is 18.9 Å². The number of hydrogen-bond donors (Lipinski definition) is 1. The van der Waals surface area contributed by atoms with Gasteiger partial charge < -0.3 is 5.73 Å². The van der Waals surface area contributed by atoms with Crippen molar-refractivity contribution in [3.05, 3.63) is 0 Å². The summed E-state index contributed by atoms with van der Waals surface area (Å²) in [6.45, 7) is 5.36. The van der Waals surface area contributed by atoms with Crippen LogP contribution in [0.2, 0.25) is 0 Å². The predicted molar refractivity (Wildman–Crippen MR) is 51.6 cm³/mol. The van der Waals surface area contributed by atoms with Gasteiger partial charge in [-0.2, -0.15) is 0 Å². The molecule has 0 aliphatic heterocycles. The molecule has 0 aromatic carbocycles. The molecule has 0 heterocycles. The summed E-state index contributed by atoms with van der Waals surface area (Å²) in [4.78, 5) is 0. The smallest absolute Gasteiger partial charge is 0.00490 e. The highest BCUT2D eigenvalue weighted by molar-refractivity contribution is 4.57. The second-order valence-electron chi connectivity index (χ2n) is 3.36. The molecule has 0 bridgehead atoms. The van der Waals surface area contributed by atoms with E-state index in [0.29, 0.717) is 0 Å². The first kappa shape index (κ1) is 11.0. The fraction of sp³-hybridized carbons (Fsp3) is 1.00. The first-order valence-electron chi connectivity index (χ1n) is 5.05. The molecule has 0 saturated heterocycles. The van der Waals surface area contributed by atoms with Crippen LogP contribution in [-0.4, -0.2) is 6.54 Å². The van der Waals surface area contributed by atoms with Gasteiger partial charge in [0.25, 0.3) is 0 Å². The van der Waals surface area contributed by atoms with Crippen LogP contribution >= 0.6 is 0 Å². The van der Waals surface area contributed by atoms with Crippen LogP contribution in [0.1, 0.15) is 52.4 Å². The lowest BCUT2D eigenvalue weighted by Gasteiger charge is -2.10. The van der Waals surface area contributed by atoms with Gasteiger partial charge in [-0.25, -0.2) is 0 Å². The molecule has 1 atom stereocenters. The van der Waals surface area contributed by atoms with E-state index in [0.717, 1.165) is 12.5 Å². The average Bonchev–Trinajstić information content (AvgIpc) is 2.05. The minimum atomic E-state index is 0.784. The maximum atomic E-state index is 5.60. The molecule has 68 valence electrons. The maximum Gasteiger partial charge on any atom is -0.00490 e. The first-order valence-corrected chi connectivity index (χ1v) is 5.05. The van der Waals surface area contributed by atoms with E-state index >= 15 is 0 Å². The number of nitrogens with two attached hydrogens (primary N) is 1. The molecule has 0 radical (unpaired) electrons. The quantitative estimate of drug-likeness (QED) is 0.565. The average molecular weight is 157 g/mol. The second-order valence-corrected chi connectivity index (χ2v) is 3.36. The Kier molecular flexibility index (Phi) is 8.03. The summed E-state index contributed by atoms with van der Waals surface area (Å²) >= 11 is 0. The normalized spacial score (nSPS) is 13.4. The summed E-state index contributed by atoms with van der Waals surface area (Å²) < 4.78 is 0. The van der Waals surface area contributed by atoms with Crippen molar-refractivity contribution >= 4 is 0 Å². The van der Waals surface area contributed by atoms with Gasteiger partial charge in [0.05, 0.1) is 0 Å². The Morgan fingerprint density at radius 2 is 1.82 bits per heavy atom. The van der Waals surface area contributed by atoms with Crippen molar-refractivity contribution in [2.75, 3.05) is 6.54 Å². The van der Waals surface area contributed by atoms with E-state index in [9.17, 15) is 0 Å². The highest BCUT2D eigenvalue weighted by Crippen LogP contribution is 2.12. The molecule has 11 heavy (non-hydrogen) atoms. The van der Waals surface area contributed by atoms with E-state index in [2.05, 4.69) is 13.8 Å². The lowest BCUT2D eigenvalue weighted by molar-refractivity contribution is 0.450. The van der Waals surface area contributed by atoms with Gasteiger partial charge in [-0.1, -0.05) is 46.0 Å². The maximum absolute atomic E-state index is 5.60. The fourth-order valence-corrected chi connectivity index (χ4v) is 1.35.